The van der Waals surface area contributed by atoms with Gasteiger partial charge in [0.2, 0.25) is 6.41 Å². The number of amides is 1. The first-order valence-corrected chi connectivity index (χ1v) is 8.06. The Bertz CT molecular complexity index is 557. The van der Waals surface area contributed by atoms with Crippen LogP contribution in [-0.4, -0.2) is 26.0 Å². The summed E-state index contributed by atoms with van der Waals surface area (Å²) in [6, 6.07) is 5.66. The molecule has 1 amide bonds. The second-order valence-corrected chi connectivity index (χ2v) is 6.77. The van der Waals surface area contributed by atoms with Crippen molar-refractivity contribution in [2.45, 2.75) is 39.5 Å². The first kappa shape index (κ1) is 17.3. The number of carbonyl (C=O) groups is 2. The van der Waals surface area contributed by atoms with Crippen LogP contribution in [0.2, 0.25) is 0 Å². The SMILES string of the molecule is COC(=O)C1(C)CCC(CN(C=O)c2c(C)cccc2N)CC1. The number of carbonyl (C=O) groups excluding carboxylic acids is 2. The van der Waals surface area contributed by atoms with E-state index in [1.54, 1.807) is 4.90 Å². The fourth-order valence-electron chi connectivity index (χ4n) is 3.49. The Kier molecular flexibility index (Phi) is 5.29. The van der Waals surface area contributed by atoms with Crippen molar-refractivity contribution >= 4 is 23.8 Å². The molecule has 1 fully saturated rings. The molecule has 1 aliphatic carbocycles. The van der Waals surface area contributed by atoms with Crippen molar-refractivity contribution in [1.29, 1.82) is 0 Å². The van der Waals surface area contributed by atoms with E-state index < -0.39 is 0 Å². The second-order valence-electron chi connectivity index (χ2n) is 6.77. The summed E-state index contributed by atoms with van der Waals surface area (Å²) in [5.74, 6) is 0.239. The number of aryl methyl sites for hydroxylation is 1. The topological polar surface area (TPSA) is 72.6 Å². The number of hydrogen-bond donors (Lipinski definition) is 1. The number of nitrogens with two attached hydrogens (primary N) is 1. The number of ether oxygens (including phenoxy) is 1. The molecular formula is C18H26N2O3. The maximum atomic E-state index is 11.9. The summed E-state index contributed by atoms with van der Waals surface area (Å²) in [6.45, 7) is 4.55. The fourth-order valence-corrected chi connectivity index (χ4v) is 3.49. The van der Waals surface area contributed by atoms with Gasteiger partial charge in [-0.3, -0.25) is 9.59 Å². The molecular weight excluding hydrogens is 292 g/mol. The number of hydrogen-bond acceptors (Lipinski definition) is 4. The van der Waals surface area contributed by atoms with E-state index in [9.17, 15) is 9.59 Å². The average Bonchev–Trinajstić information content (AvgIpc) is 2.54. The largest absolute Gasteiger partial charge is 0.469 e. The molecule has 0 spiro atoms. The lowest BCUT2D eigenvalue weighted by Crippen LogP contribution is -2.37. The Morgan fingerprint density at radius 3 is 2.61 bits per heavy atom. The molecule has 0 saturated heterocycles. The minimum atomic E-state index is -0.390. The number of nitrogen functional groups attached to an aromatic ring is 1. The van der Waals surface area contributed by atoms with Crippen molar-refractivity contribution in [3.8, 4) is 0 Å². The number of methoxy groups -OCH3 is 1. The Labute approximate surface area is 137 Å². The van der Waals surface area contributed by atoms with Crippen molar-refractivity contribution in [3.63, 3.8) is 0 Å². The predicted molar refractivity (Wildman–Crippen MR) is 91.1 cm³/mol. The maximum absolute atomic E-state index is 11.9. The highest BCUT2D eigenvalue weighted by Gasteiger charge is 2.38. The number of benzene rings is 1. The zero-order valence-corrected chi connectivity index (χ0v) is 14.2. The number of rotatable bonds is 5. The van der Waals surface area contributed by atoms with Crippen molar-refractivity contribution in [2.24, 2.45) is 11.3 Å². The second kappa shape index (κ2) is 7.02. The first-order chi connectivity index (χ1) is 10.9. The molecule has 0 aliphatic heterocycles. The lowest BCUT2D eigenvalue weighted by atomic mass is 9.71. The van der Waals surface area contributed by atoms with Crippen LogP contribution >= 0.6 is 0 Å². The molecule has 0 aromatic heterocycles. The summed E-state index contributed by atoms with van der Waals surface area (Å²) in [5, 5.41) is 0. The van der Waals surface area contributed by atoms with Crippen molar-refractivity contribution in [1.82, 2.24) is 0 Å². The smallest absolute Gasteiger partial charge is 0.311 e. The van der Waals surface area contributed by atoms with E-state index in [1.165, 1.54) is 7.11 Å². The van der Waals surface area contributed by atoms with Crippen molar-refractivity contribution in [2.75, 3.05) is 24.3 Å². The van der Waals surface area contributed by atoms with Gasteiger partial charge in [-0.15, -0.1) is 0 Å². The monoisotopic (exact) mass is 318 g/mol. The van der Waals surface area contributed by atoms with Crippen LogP contribution in [0.4, 0.5) is 11.4 Å². The van der Waals surface area contributed by atoms with Gasteiger partial charge >= 0.3 is 5.97 Å². The molecule has 2 rings (SSSR count). The molecule has 2 N–H and O–H groups in total. The Morgan fingerprint density at radius 2 is 2.09 bits per heavy atom. The van der Waals surface area contributed by atoms with Gasteiger partial charge in [0, 0.05) is 6.54 Å². The minimum Gasteiger partial charge on any atom is -0.469 e. The molecule has 23 heavy (non-hydrogen) atoms. The van der Waals surface area contributed by atoms with E-state index in [0.717, 1.165) is 43.3 Å². The van der Waals surface area contributed by atoms with Crippen molar-refractivity contribution < 1.29 is 14.3 Å². The third-order valence-corrected chi connectivity index (χ3v) is 5.03. The molecule has 5 nitrogen and oxygen atoms in total. The van der Waals surface area contributed by atoms with Gasteiger partial charge in [-0.05, 0) is 57.1 Å². The predicted octanol–water partition coefficient (Wildman–Crippen LogP) is 2.91. The number of nitrogens with zero attached hydrogens (tertiary/aromatic N) is 1. The molecule has 0 heterocycles. The normalized spacial score (nSPS) is 24.0. The van der Waals surface area contributed by atoms with E-state index >= 15 is 0 Å². The minimum absolute atomic E-state index is 0.133. The van der Waals surface area contributed by atoms with Gasteiger partial charge < -0.3 is 15.4 Å². The number of para-hydroxylation sites is 1. The number of anilines is 2. The van der Waals surface area contributed by atoms with Gasteiger partial charge in [-0.25, -0.2) is 0 Å². The van der Waals surface area contributed by atoms with Crippen LogP contribution in [0.15, 0.2) is 18.2 Å². The van der Waals surface area contributed by atoms with Gasteiger partial charge in [0.05, 0.1) is 23.9 Å². The van der Waals surface area contributed by atoms with Gasteiger partial charge in [0.1, 0.15) is 0 Å². The van der Waals surface area contributed by atoms with Crippen molar-refractivity contribution in [3.05, 3.63) is 23.8 Å². The summed E-state index contributed by atoms with van der Waals surface area (Å²) in [7, 11) is 1.44. The molecule has 126 valence electrons. The molecule has 1 aliphatic rings. The summed E-state index contributed by atoms with van der Waals surface area (Å²) in [6.07, 6.45) is 4.25. The molecule has 0 radical (unpaired) electrons. The third kappa shape index (κ3) is 3.66. The van der Waals surface area contributed by atoms with Crippen LogP contribution < -0.4 is 10.6 Å². The van der Waals surface area contributed by atoms with E-state index in [-0.39, 0.29) is 11.4 Å². The van der Waals surface area contributed by atoms with E-state index in [4.69, 9.17) is 10.5 Å². The molecule has 1 aromatic rings. The molecule has 5 heteroatoms. The van der Waals surface area contributed by atoms with Crippen LogP contribution in [0, 0.1) is 18.3 Å². The quantitative estimate of drug-likeness (QED) is 0.515. The standard InChI is InChI=1S/C18H26N2O3/c1-13-5-4-6-15(19)16(13)20(12-21)11-14-7-9-18(2,10-8-14)17(22)23-3/h4-6,12,14H,7-11,19H2,1-3H3. The average molecular weight is 318 g/mol. The molecule has 0 unspecified atom stereocenters. The Hall–Kier alpha value is -2.04. The van der Waals surface area contributed by atoms with Gasteiger partial charge in [0.25, 0.3) is 0 Å². The fraction of sp³-hybridized carbons (Fsp3) is 0.556. The Balaban J connectivity index is 2.05. The van der Waals surface area contributed by atoms with Gasteiger partial charge in [-0.2, -0.15) is 0 Å². The molecule has 1 aromatic carbocycles. The van der Waals surface area contributed by atoms with E-state index in [0.29, 0.717) is 18.2 Å². The number of esters is 1. The summed E-state index contributed by atoms with van der Waals surface area (Å²) in [5.41, 5.74) is 8.06. The zero-order chi connectivity index (χ0) is 17.0. The highest BCUT2D eigenvalue weighted by molar-refractivity contribution is 5.84. The van der Waals surface area contributed by atoms with Crippen LogP contribution in [0.5, 0.6) is 0 Å². The van der Waals surface area contributed by atoms with E-state index in [2.05, 4.69) is 0 Å². The third-order valence-electron chi connectivity index (χ3n) is 5.03. The molecule has 1 saturated carbocycles. The highest BCUT2D eigenvalue weighted by Crippen LogP contribution is 2.40. The van der Waals surface area contributed by atoms with Gasteiger partial charge in [-0.1, -0.05) is 12.1 Å². The Morgan fingerprint density at radius 1 is 1.43 bits per heavy atom. The van der Waals surface area contributed by atoms with Crippen LogP contribution in [0.3, 0.4) is 0 Å². The summed E-state index contributed by atoms with van der Waals surface area (Å²) < 4.78 is 4.91. The summed E-state index contributed by atoms with van der Waals surface area (Å²) in [4.78, 5) is 25.1. The maximum Gasteiger partial charge on any atom is 0.311 e. The molecule has 0 atom stereocenters. The van der Waals surface area contributed by atoms with Crippen LogP contribution in [-0.2, 0) is 14.3 Å². The van der Waals surface area contributed by atoms with Crippen LogP contribution in [0.25, 0.3) is 0 Å². The first-order valence-electron chi connectivity index (χ1n) is 8.06. The highest BCUT2D eigenvalue weighted by atomic mass is 16.5. The zero-order valence-electron chi connectivity index (χ0n) is 14.2. The van der Waals surface area contributed by atoms with Crippen LogP contribution in [0.1, 0.15) is 38.2 Å². The summed E-state index contributed by atoms with van der Waals surface area (Å²) >= 11 is 0. The van der Waals surface area contributed by atoms with E-state index in [1.807, 2.05) is 32.0 Å². The lowest BCUT2D eigenvalue weighted by Gasteiger charge is -2.36. The van der Waals surface area contributed by atoms with Gasteiger partial charge in [0.15, 0.2) is 0 Å². The molecule has 0 bridgehead atoms. The lowest BCUT2D eigenvalue weighted by molar-refractivity contribution is -0.154.